The number of hydrogen-bond acceptors (Lipinski definition) is 3. The lowest BCUT2D eigenvalue weighted by molar-refractivity contribution is 0.103. The molecular formula is C16H16FNO2. The van der Waals surface area contributed by atoms with Crippen LogP contribution < -0.4 is 4.74 Å². The largest absolute Gasteiger partial charge is 0.489 e. The van der Waals surface area contributed by atoms with E-state index in [0.29, 0.717) is 16.9 Å². The molecule has 20 heavy (non-hydrogen) atoms. The van der Waals surface area contributed by atoms with E-state index >= 15 is 0 Å². The van der Waals surface area contributed by atoms with Gasteiger partial charge in [-0.05, 0) is 38.5 Å². The molecule has 0 atom stereocenters. The van der Waals surface area contributed by atoms with Crippen molar-refractivity contribution < 1.29 is 13.9 Å². The summed E-state index contributed by atoms with van der Waals surface area (Å²) in [6.07, 6.45) is 2.93. The van der Waals surface area contributed by atoms with Crippen LogP contribution in [0.25, 0.3) is 0 Å². The molecule has 0 radical (unpaired) electrons. The number of benzene rings is 1. The number of ketones is 1. The van der Waals surface area contributed by atoms with Gasteiger partial charge in [-0.25, -0.2) is 4.39 Å². The quantitative estimate of drug-likeness (QED) is 0.800. The molecule has 1 aromatic heterocycles. The SMILES string of the molecule is Cc1cccc(C(=O)c2cncc(OC(C)C)c2)c1F. The summed E-state index contributed by atoms with van der Waals surface area (Å²) in [6, 6.07) is 6.34. The van der Waals surface area contributed by atoms with E-state index in [0.717, 1.165) is 0 Å². The van der Waals surface area contributed by atoms with Gasteiger partial charge in [-0.3, -0.25) is 9.78 Å². The molecule has 2 rings (SSSR count). The molecule has 0 aliphatic carbocycles. The van der Waals surface area contributed by atoms with Gasteiger partial charge < -0.3 is 4.74 Å². The van der Waals surface area contributed by atoms with Gasteiger partial charge >= 0.3 is 0 Å². The standard InChI is InChI=1S/C16H16FNO2/c1-10(2)20-13-7-12(8-18-9-13)16(19)14-6-4-5-11(3)15(14)17/h4-10H,1-3H3. The summed E-state index contributed by atoms with van der Waals surface area (Å²) in [6.45, 7) is 5.39. The molecule has 0 amide bonds. The number of carbonyl (C=O) groups excluding carboxylic acids is 1. The summed E-state index contributed by atoms with van der Waals surface area (Å²) in [4.78, 5) is 16.3. The van der Waals surface area contributed by atoms with E-state index < -0.39 is 11.6 Å². The third-order valence-corrected chi connectivity index (χ3v) is 2.78. The third kappa shape index (κ3) is 3.02. The van der Waals surface area contributed by atoms with Crippen LogP contribution in [-0.4, -0.2) is 16.9 Å². The minimum Gasteiger partial charge on any atom is -0.489 e. The van der Waals surface area contributed by atoms with E-state index in [1.54, 1.807) is 25.1 Å². The fourth-order valence-corrected chi connectivity index (χ4v) is 1.86. The highest BCUT2D eigenvalue weighted by atomic mass is 19.1. The summed E-state index contributed by atoms with van der Waals surface area (Å²) < 4.78 is 19.5. The van der Waals surface area contributed by atoms with Gasteiger partial charge in [0, 0.05) is 11.8 Å². The van der Waals surface area contributed by atoms with Crippen LogP contribution >= 0.6 is 0 Å². The number of rotatable bonds is 4. The number of hydrogen-bond donors (Lipinski definition) is 0. The lowest BCUT2D eigenvalue weighted by Gasteiger charge is -2.10. The van der Waals surface area contributed by atoms with Crippen molar-refractivity contribution in [2.45, 2.75) is 26.9 Å². The number of halogens is 1. The van der Waals surface area contributed by atoms with Crippen molar-refractivity contribution in [3.05, 3.63) is 59.2 Å². The van der Waals surface area contributed by atoms with E-state index in [4.69, 9.17) is 4.74 Å². The third-order valence-electron chi connectivity index (χ3n) is 2.78. The Labute approximate surface area is 117 Å². The summed E-state index contributed by atoms with van der Waals surface area (Å²) in [7, 11) is 0. The summed E-state index contributed by atoms with van der Waals surface area (Å²) >= 11 is 0. The van der Waals surface area contributed by atoms with Crippen LogP contribution in [0.15, 0.2) is 36.7 Å². The predicted octanol–water partition coefficient (Wildman–Crippen LogP) is 3.55. The van der Waals surface area contributed by atoms with Gasteiger partial charge in [0.05, 0.1) is 17.9 Å². The molecule has 2 aromatic rings. The molecule has 0 N–H and O–H groups in total. The molecule has 104 valence electrons. The highest BCUT2D eigenvalue weighted by molar-refractivity contribution is 6.09. The molecule has 0 aliphatic rings. The normalized spacial score (nSPS) is 10.7. The Bertz CT molecular complexity index is 638. The van der Waals surface area contributed by atoms with Gasteiger partial charge in [0.2, 0.25) is 0 Å². The molecule has 0 saturated carbocycles. The van der Waals surface area contributed by atoms with Crippen LogP contribution in [0.4, 0.5) is 4.39 Å². The van der Waals surface area contributed by atoms with Crippen LogP contribution in [-0.2, 0) is 0 Å². The number of nitrogens with zero attached hydrogens (tertiary/aromatic N) is 1. The second-order valence-corrected chi connectivity index (χ2v) is 4.84. The minimum atomic E-state index is -0.493. The maximum atomic E-state index is 14.0. The number of pyridine rings is 1. The van der Waals surface area contributed by atoms with Crippen molar-refractivity contribution in [1.82, 2.24) is 4.98 Å². The molecule has 1 heterocycles. The van der Waals surface area contributed by atoms with Crippen LogP contribution in [0.5, 0.6) is 5.75 Å². The first-order valence-corrected chi connectivity index (χ1v) is 6.40. The Kier molecular flexibility index (Phi) is 4.13. The number of aryl methyl sites for hydroxylation is 1. The molecule has 0 bridgehead atoms. The minimum absolute atomic E-state index is 0.0159. The van der Waals surface area contributed by atoms with Gasteiger partial charge in [-0.1, -0.05) is 12.1 Å². The van der Waals surface area contributed by atoms with Crippen molar-refractivity contribution in [2.75, 3.05) is 0 Å². The van der Waals surface area contributed by atoms with E-state index in [-0.39, 0.29) is 11.7 Å². The van der Waals surface area contributed by atoms with Crippen LogP contribution in [0.3, 0.4) is 0 Å². The van der Waals surface area contributed by atoms with Gasteiger partial charge in [0.1, 0.15) is 11.6 Å². The monoisotopic (exact) mass is 273 g/mol. The molecular weight excluding hydrogens is 257 g/mol. The summed E-state index contributed by atoms with van der Waals surface area (Å²) in [5.41, 5.74) is 0.805. The van der Waals surface area contributed by atoms with Crippen molar-refractivity contribution in [2.24, 2.45) is 0 Å². The topological polar surface area (TPSA) is 39.2 Å². The zero-order valence-corrected chi connectivity index (χ0v) is 11.7. The zero-order valence-electron chi connectivity index (χ0n) is 11.7. The molecule has 0 saturated heterocycles. The Morgan fingerprint density at radius 2 is 2.05 bits per heavy atom. The van der Waals surface area contributed by atoms with E-state index in [2.05, 4.69) is 4.98 Å². The number of ether oxygens (including phenoxy) is 1. The molecule has 0 fully saturated rings. The Hall–Kier alpha value is -2.23. The average Bonchev–Trinajstić information content (AvgIpc) is 2.41. The Balaban J connectivity index is 2.36. The fraction of sp³-hybridized carbons (Fsp3) is 0.250. The Morgan fingerprint density at radius 1 is 1.30 bits per heavy atom. The highest BCUT2D eigenvalue weighted by Crippen LogP contribution is 2.19. The van der Waals surface area contributed by atoms with Crippen molar-refractivity contribution >= 4 is 5.78 Å². The smallest absolute Gasteiger partial charge is 0.197 e. The molecule has 0 aliphatic heterocycles. The van der Waals surface area contributed by atoms with E-state index in [1.165, 1.54) is 18.5 Å². The maximum Gasteiger partial charge on any atom is 0.197 e. The molecule has 4 heteroatoms. The first-order chi connectivity index (χ1) is 9.49. The zero-order chi connectivity index (χ0) is 14.7. The first-order valence-electron chi connectivity index (χ1n) is 6.40. The summed E-state index contributed by atoms with van der Waals surface area (Å²) in [5, 5.41) is 0. The van der Waals surface area contributed by atoms with Crippen LogP contribution in [0.1, 0.15) is 35.3 Å². The predicted molar refractivity (Wildman–Crippen MR) is 74.6 cm³/mol. The first kappa shape index (κ1) is 14.2. The van der Waals surface area contributed by atoms with Crippen molar-refractivity contribution in [1.29, 1.82) is 0 Å². The van der Waals surface area contributed by atoms with Crippen LogP contribution in [0, 0.1) is 12.7 Å². The second kappa shape index (κ2) is 5.82. The maximum absolute atomic E-state index is 14.0. The lowest BCUT2D eigenvalue weighted by atomic mass is 10.0. The highest BCUT2D eigenvalue weighted by Gasteiger charge is 2.16. The second-order valence-electron chi connectivity index (χ2n) is 4.84. The number of aromatic nitrogens is 1. The van der Waals surface area contributed by atoms with Gasteiger partial charge in [-0.15, -0.1) is 0 Å². The molecule has 0 spiro atoms. The van der Waals surface area contributed by atoms with E-state index in [9.17, 15) is 9.18 Å². The number of carbonyl (C=O) groups is 1. The molecule has 0 unspecified atom stereocenters. The molecule has 3 nitrogen and oxygen atoms in total. The van der Waals surface area contributed by atoms with Crippen molar-refractivity contribution in [3.8, 4) is 5.75 Å². The van der Waals surface area contributed by atoms with Gasteiger partial charge in [0.25, 0.3) is 0 Å². The van der Waals surface area contributed by atoms with Gasteiger partial charge in [-0.2, -0.15) is 0 Å². The average molecular weight is 273 g/mol. The van der Waals surface area contributed by atoms with Crippen LogP contribution in [0.2, 0.25) is 0 Å². The molecule has 1 aromatic carbocycles. The van der Waals surface area contributed by atoms with Crippen molar-refractivity contribution in [3.63, 3.8) is 0 Å². The van der Waals surface area contributed by atoms with E-state index in [1.807, 2.05) is 13.8 Å². The van der Waals surface area contributed by atoms with Gasteiger partial charge in [0.15, 0.2) is 5.78 Å². The Morgan fingerprint density at radius 3 is 2.75 bits per heavy atom. The summed E-state index contributed by atoms with van der Waals surface area (Å²) in [5.74, 6) is -0.389. The lowest BCUT2D eigenvalue weighted by Crippen LogP contribution is -2.09. The fourth-order valence-electron chi connectivity index (χ4n) is 1.86.